The fourth-order valence-electron chi connectivity index (χ4n) is 4.77. The molecule has 32 heavy (non-hydrogen) atoms. The van der Waals surface area contributed by atoms with Gasteiger partial charge in [-0.1, -0.05) is 37.5 Å². The molecule has 1 atom stereocenters. The molecule has 8 nitrogen and oxygen atoms in total. The van der Waals surface area contributed by atoms with Gasteiger partial charge in [0, 0.05) is 19.2 Å². The van der Waals surface area contributed by atoms with Crippen molar-refractivity contribution in [2.45, 2.75) is 44.6 Å². The van der Waals surface area contributed by atoms with Crippen LogP contribution in [0.5, 0.6) is 11.5 Å². The second-order valence-electron chi connectivity index (χ2n) is 8.84. The first-order valence-corrected chi connectivity index (χ1v) is 11.4. The van der Waals surface area contributed by atoms with Gasteiger partial charge in [-0.25, -0.2) is 4.79 Å². The van der Waals surface area contributed by atoms with Crippen LogP contribution in [-0.4, -0.2) is 46.4 Å². The van der Waals surface area contributed by atoms with Gasteiger partial charge in [-0.05, 0) is 42.5 Å². The van der Waals surface area contributed by atoms with Crippen molar-refractivity contribution in [1.29, 1.82) is 0 Å². The molecule has 2 N–H and O–H groups in total. The molecule has 0 bridgehead atoms. The van der Waals surface area contributed by atoms with Crippen LogP contribution in [0.4, 0.5) is 4.79 Å². The van der Waals surface area contributed by atoms with Crippen LogP contribution >= 0.6 is 0 Å². The van der Waals surface area contributed by atoms with Gasteiger partial charge in [0.15, 0.2) is 23.3 Å². The minimum atomic E-state index is -0.207. The number of pyridine rings is 1. The van der Waals surface area contributed by atoms with Gasteiger partial charge in [-0.3, -0.25) is 4.40 Å². The molecule has 1 aliphatic heterocycles. The molecule has 3 aromatic rings. The molecule has 1 aliphatic carbocycles. The summed E-state index contributed by atoms with van der Waals surface area (Å²) in [6.45, 7) is 1.43. The lowest BCUT2D eigenvalue weighted by Gasteiger charge is -2.37. The number of nitrogens with one attached hydrogen (secondary N) is 2. The topological polar surface area (TPSA) is 89.8 Å². The Labute approximate surface area is 187 Å². The number of fused-ring (bicyclic) bond motifs is 2. The number of benzene rings is 1. The van der Waals surface area contributed by atoms with Crippen LogP contribution in [0.2, 0.25) is 0 Å². The first-order chi connectivity index (χ1) is 15.7. The molecule has 1 aromatic carbocycles. The van der Waals surface area contributed by atoms with E-state index in [1.807, 2.05) is 48.7 Å². The molecule has 1 fully saturated rings. The predicted molar refractivity (Wildman–Crippen MR) is 120 cm³/mol. The molecular formula is C24H29N5O3. The van der Waals surface area contributed by atoms with Crippen molar-refractivity contribution < 1.29 is 14.3 Å². The van der Waals surface area contributed by atoms with Crippen LogP contribution in [0.15, 0.2) is 48.7 Å². The van der Waals surface area contributed by atoms with E-state index in [1.165, 1.54) is 19.3 Å². The maximum Gasteiger partial charge on any atom is 0.314 e. The van der Waals surface area contributed by atoms with Crippen LogP contribution in [0.3, 0.4) is 0 Å². The highest BCUT2D eigenvalue weighted by Crippen LogP contribution is 2.38. The lowest BCUT2D eigenvalue weighted by molar-refractivity contribution is 0.0915. The number of ether oxygens (including phenoxy) is 2. The van der Waals surface area contributed by atoms with E-state index >= 15 is 0 Å². The third-order valence-corrected chi connectivity index (χ3v) is 6.51. The van der Waals surface area contributed by atoms with Crippen molar-refractivity contribution in [2.24, 2.45) is 5.41 Å². The van der Waals surface area contributed by atoms with Crippen molar-refractivity contribution in [3.05, 3.63) is 54.5 Å². The molecule has 2 aromatic heterocycles. The standard InChI is InChI=1S/C24H29N5O3/c30-23(25-15-18-16-31-19-8-2-3-9-20(19)32-18)26-17-24(11-5-1-6-12-24)14-22-28-27-21-10-4-7-13-29(21)22/h2-4,7-10,13,18H,1,5-6,11-12,14-17H2,(H2,25,26,30)/t18-/m0/s1. The second-order valence-corrected chi connectivity index (χ2v) is 8.84. The highest BCUT2D eigenvalue weighted by Gasteiger charge is 2.34. The summed E-state index contributed by atoms with van der Waals surface area (Å²) >= 11 is 0. The highest BCUT2D eigenvalue weighted by atomic mass is 16.6. The summed E-state index contributed by atoms with van der Waals surface area (Å²) in [6, 6.07) is 13.3. The van der Waals surface area contributed by atoms with Gasteiger partial charge in [0.25, 0.3) is 0 Å². The number of urea groups is 1. The molecule has 0 saturated heterocycles. The van der Waals surface area contributed by atoms with Crippen molar-refractivity contribution >= 4 is 11.7 Å². The third kappa shape index (κ3) is 4.49. The molecule has 1 saturated carbocycles. The smallest absolute Gasteiger partial charge is 0.314 e. The van der Waals surface area contributed by atoms with E-state index in [-0.39, 0.29) is 17.6 Å². The molecule has 0 spiro atoms. The van der Waals surface area contributed by atoms with E-state index in [4.69, 9.17) is 9.47 Å². The number of carbonyl (C=O) groups is 1. The molecule has 8 heteroatoms. The van der Waals surface area contributed by atoms with E-state index in [1.54, 1.807) is 0 Å². The van der Waals surface area contributed by atoms with E-state index in [0.717, 1.165) is 36.5 Å². The minimum Gasteiger partial charge on any atom is -0.486 e. The monoisotopic (exact) mass is 435 g/mol. The minimum absolute atomic E-state index is 0.00220. The fraction of sp³-hybridized carbons (Fsp3) is 0.458. The summed E-state index contributed by atoms with van der Waals surface area (Å²) in [4.78, 5) is 12.6. The van der Waals surface area contributed by atoms with Gasteiger partial charge in [0.2, 0.25) is 0 Å². The van der Waals surface area contributed by atoms with Gasteiger partial charge in [0.05, 0.1) is 6.54 Å². The zero-order valence-corrected chi connectivity index (χ0v) is 18.1. The second kappa shape index (κ2) is 9.06. The summed E-state index contributed by atoms with van der Waals surface area (Å²) in [7, 11) is 0. The molecule has 0 unspecified atom stereocenters. The van der Waals surface area contributed by atoms with Gasteiger partial charge < -0.3 is 20.1 Å². The van der Waals surface area contributed by atoms with Crippen molar-refractivity contribution in [1.82, 2.24) is 25.2 Å². The molecule has 168 valence electrons. The molecule has 5 rings (SSSR count). The fourth-order valence-corrected chi connectivity index (χ4v) is 4.77. The summed E-state index contributed by atoms with van der Waals surface area (Å²) in [6.07, 6.45) is 8.34. The number of carbonyl (C=O) groups excluding carboxylic acids is 1. The zero-order valence-electron chi connectivity index (χ0n) is 18.1. The average Bonchev–Trinajstić information content (AvgIpc) is 3.24. The molecule has 0 radical (unpaired) electrons. The number of rotatable bonds is 6. The molecular weight excluding hydrogens is 406 g/mol. The van der Waals surface area contributed by atoms with E-state index in [0.29, 0.717) is 25.4 Å². The molecule has 2 amide bonds. The van der Waals surface area contributed by atoms with Crippen molar-refractivity contribution in [3.8, 4) is 11.5 Å². The summed E-state index contributed by atoms with van der Waals surface area (Å²) < 4.78 is 13.7. The number of hydrogen-bond donors (Lipinski definition) is 2. The van der Waals surface area contributed by atoms with Crippen LogP contribution in [0.25, 0.3) is 5.65 Å². The maximum absolute atomic E-state index is 12.6. The summed E-state index contributed by atoms with van der Waals surface area (Å²) in [5.41, 5.74) is 0.855. The first kappa shape index (κ1) is 20.6. The van der Waals surface area contributed by atoms with Gasteiger partial charge in [0.1, 0.15) is 12.4 Å². The van der Waals surface area contributed by atoms with Crippen LogP contribution < -0.4 is 20.1 Å². The molecule has 2 aliphatic rings. The van der Waals surface area contributed by atoms with E-state index < -0.39 is 0 Å². The summed E-state index contributed by atoms with van der Waals surface area (Å²) in [5.74, 6) is 2.41. The largest absolute Gasteiger partial charge is 0.486 e. The number of nitrogens with zero attached hydrogens (tertiary/aromatic N) is 3. The number of hydrogen-bond acceptors (Lipinski definition) is 5. The van der Waals surface area contributed by atoms with E-state index in [2.05, 4.69) is 25.2 Å². The van der Waals surface area contributed by atoms with Gasteiger partial charge in [-0.15, -0.1) is 10.2 Å². The Morgan fingerprint density at radius 3 is 2.72 bits per heavy atom. The lowest BCUT2D eigenvalue weighted by atomic mass is 9.71. The van der Waals surface area contributed by atoms with Crippen LogP contribution in [-0.2, 0) is 6.42 Å². The Morgan fingerprint density at radius 2 is 1.84 bits per heavy atom. The predicted octanol–water partition coefficient (Wildman–Crippen LogP) is 3.36. The molecule has 3 heterocycles. The lowest BCUT2D eigenvalue weighted by Crippen LogP contribution is -2.48. The normalized spacial score (nSPS) is 19.4. The quantitative estimate of drug-likeness (QED) is 0.620. The van der Waals surface area contributed by atoms with E-state index in [9.17, 15) is 4.79 Å². The van der Waals surface area contributed by atoms with Crippen LogP contribution in [0, 0.1) is 5.41 Å². The Hall–Kier alpha value is -3.29. The number of para-hydroxylation sites is 2. The Balaban J connectivity index is 1.17. The SMILES string of the molecule is O=C(NC[C@H]1COc2ccccc2O1)NCC1(Cc2nnc3ccccn23)CCCCC1. The highest BCUT2D eigenvalue weighted by molar-refractivity contribution is 5.73. The van der Waals surface area contributed by atoms with Crippen molar-refractivity contribution in [2.75, 3.05) is 19.7 Å². The maximum atomic E-state index is 12.6. The zero-order chi connectivity index (χ0) is 21.8. The van der Waals surface area contributed by atoms with Crippen molar-refractivity contribution in [3.63, 3.8) is 0 Å². The average molecular weight is 436 g/mol. The van der Waals surface area contributed by atoms with Gasteiger partial charge in [-0.2, -0.15) is 0 Å². The Bertz CT molecular complexity index is 1080. The Kier molecular flexibility index (Phi) is 5.83. The number of amides is 2. The number of aromatic nitrogens is 3. The third-order valence-electron chi connectivity index (χ3n) is 6.51. The van der Waals surface area contributed by atoms with Gasteiger partial charge >= 0.3 is 6.03 Å². The Morgan fingerprint density at radius 1 is 1.03 bits per heavy atom. The van der Waals surface area contributed by atoms with Crippen LogP contribution in [0.1, 0.15) is 37.9 Å². The first-order valence-electron chi connectivity index (χ1n) is 11.4. The summed E-state index contributed by atoms with van der Waals surface area (Å²) in [5, 5.41) is 14.8.